The van der Waals surface area contributed by atoms with Crippen molar-refractivity contribution in [3.8, 4) is 0 Å². The molecule has 2 nitrogen and oxygen atoms in total. The molecule has 1 unspecified atom stereocenters. The fourth-order valence-corrected chi connectivity index (χ4v) is 3.08. The van der Waals surface area contributed by atoms with Gasteiger partial charge in [-0.25, -0.2) is 0 Å². The van der Waals surface area contributed by atoms with Crippen LogP contribution < -0.4 is 5.73 Å². The van der Waals surface area contributed by atoms with E-state index in [0.717, 1.165) is 22.0 Å². The van der Waals surface area contributed by atoms with Gasteiger partial charge in [0.2, 0.25) is 0 Å². The number of nitrogens with zero attached hydrogens (tertiary/aromatic N) is 1. The minimum atomic E-state index is 0.561. The molecule has 0 saturated carbocycles. The molecule has 1 aliphatic rings. The van der Waals surface area contributed by atoms with E-state index in [-0.39, 0.29) is 0 Å². The van der Waals surface area contributed by atoms with E-state index < -0.39 is 0 Å². The summed E-state index contributed by atoms with van der Waals surface area (Å²) in [5.74, 6) is 0. The van der Waals surface area contributed by atoms with Crippen LogP contribution in [-0.4, -0.2) is 24.0 Å². The molecule has 1 aliphatic heterocycles. The summed E-state index contributed by atoms with van der Waals surface area (Å²) in [6, 6.07) is 7.02. The van der Waals surface area contributed by atoms with Crippen LogP contribution in [0.3, 0.4) is 0 Å². The van der Waals surface area contributed by atoms with E-state index in [9.17, 15) is 0 Å². The first-order valence-electron chi connectivity index (χ1n) is 6.08. The van der Waals surface area contributed by atoms with Crippen LogP contribution in [0.5, 0.6) is 0 Å². The van der Waals surface area contributed by atoms with Crippen LogP contribution in [0.1, 0.15) is 24.8 Å². The molecule has 4 heteroatoms. The van der Waals surface area contributed by atoms with Crippen molar-refractivity contribution in [2.75, 3.05) is 13.1 Å². The van der Waals surface area contributed by atoms with E-state index in [2.05, 4.69) is 55.0 Å². The molecule has 94 valence electrons. The van der Waals surface area contributed by atoms with Crippen molar-refractivity contribution in [2.24, 2.45) is 5.73 Å². The number of halogens is 2. The Morgan fingerprint density at radius 1 is 1.24 bits per heavy atom. The van der Waals surface area contributed by atoms with Crippen molar-refractivity contribution in [1.29, 1.82) is 0 Å². The second-order valence-corrected chi connectivity index (χ2v) is 6.31. The van der Waals surface area contributed by atoms with Crippen LogP contribution in [0.15, 0.2) is 27.1 Å². The summed E-state index contributed by atoms with van der Waals surface area (Å²) in [5.41, 5.74) is 7.19. The third-order valence-corrected chi connectivity index (χ3v) is 5.27. The fraction of sp³-hybridized carbons (Fsp3) is 0.538. The number of rotatable bonds is 3. The highest BCUT2D eigenvalue weighted by atomic mass is 79.9. The maximum atomic E-state index is 5.84. The van der Waals surface area contributed by atoms with Gasteiger partial charge in [-0.3, -0.25) is 4.90 Å². The Hall–Kier alpha value is 0.1000. The molecule has 1 saturated heterocycles. The van der Waals surface area contributed by atoms with Crippen LogP contribution in [0.4, 0.5) is 0 Å². The van der Waals surface area contributed by atoms with E-state index in [1.807, 2.05) is 0 Å². The van der Waals surface area contributed by atoms with Gasteiger partial charge in [-0.1, -0.05) is 12.5 Å². The van der Waals surface area contributed by atoms with Crippen molar-refractivity contribution in [3.05, 3.63) is 32.7 Å². The number of piperidine rings is 1. The maximum Gasteiger partial charge on any atom is 0.0320 e. The van der Waals surface area contributed by atoms with Crippen LogP contribution in [0, 0.1) is 0 Å². The highest BCUT2D eigenvalue weighted by molar-refractivity contribution is 9.13. The molecule has 1 fully saturated rings. The van der Waals surface area contributed by atoms with Crippen LogP contribution in [0.2, 0.25) is 0 Å². The molecule has 0 amide bonds. The summed E-state index contributed by atoms with van der Waals surface area (Å²) in [6.45, 7) is 2.96. The molecule has 1 atom stereocenters. The number of nitrogens with two attached hydrogens (primary N) is 1. The van der Waals surface area contributed by atoms with Crippen molar-refractivity contribution in [1.82, 2.24) is 4.90 Å². The summed E-state index contributed by atoms with van der Waals surface area (Å²) in [5, 5.41) is 0. The number of benzene rings is 1. The Bertz CT molecular complexity index is 382. The monoisotopic (exact) mass is 360 g/mol. The van der Waals surface area contributed by atoms with E-state index in [4.69, 9.17) is 5.73 Å². The van der Waals surface area contributed by atoms with Gasteiger partial charge in [0.25, 0.3) is 0 Å². The first kappa shape index (κ1) is 13.5. The molecule has 0 bridgehead atoms. The van der Waals surface area contributed by atoms with Gasteiger partial charge in [0.05, 0.1) is 0 Å². The third-order valence-electron chi connectivity index (χ3n) is 3.39. The topological polar surface area (TPSA) is 29.3 Å². The molecule has 1 aromatic carbocycles. The standard InChI is InChI=1S/C13H18Br2N2/c14-12-5-4-10(7-13(12)15)9-17-6-2-1-3-11(17)8-16/h4-5,7,11H,1-3,6,8-9,16H2. The van der Waals surface area contributed by atoms with E-state index >= 15 is 0 Å². The van der Waals surface area contributed by atoms with Gasteiger partial charge in [0, 0.05) is 28.1 Å². The molecule has 0 spiro atoms. The predicted octanol–water partition coefficient (Wildman–Crippen LogP) is 3.52. The SMILES string of the molecule is NCC1CCCCN1Cc1ccc(Br)c(Br)c1. The lowest BCUT2D eigenvalue weighted by Crippen LogP contribution is -2.43. The number of hydrogen-bond donors (Lipinski definition) is 1. The van der Waals surface area contributed by atoms with Crippen molar-refractivity contribution in [2.45, 2.75) is 31.8 Å². The van der Waals surface area contributed by atoms with Gasteiger partial charge in [-0.15, -0.1) is 0 Å². The molecule has 2 N–H and O–H groups in total. The van der Waals surface area contributed by atoms with Crippen molar-refractivity contribution >= 4 is 31.9 Å². The second kappa shape index (κ2) is 6.32. The van der Waals surface area contributed by atoms with Crippen LogP contribution in [0.25, 0.3) is 0 Å². The average molecular weight is 362 g/mol. The second-order valence-electron chi connectivity index (χ2n) is 4.60. The molecule has 0 aromatic heterocycles. The Morgan fingerprint density at radius 2 is 2.06 bits per heavy atom. The van der Waals surface area contributed by atoms with Crippen LogP contribution >= 0.6 is 31.9 Å². The molecule has 2 rings (SSSR count). The summed E-state index contributed by atoms with van der Waals surface area (Å²) >= 11 is 7.05. The highest BCUT2D eigenvalue weighted by Gasteiger charge is 2.20. The first-order chi connectivity index (χ1) is 8.20. The zero-order valence-electron chi connectivity index (χ0n) is 9.83. The summed E-state index contributed by atoms with van der Waals surface area (Å²) in [6.07, 6.45) is 3.87. The highest BCUT2D eigenvalue weighted by Crippen LogP contribution is 2.25. The third kappa shape index (κ3) is 3.53. The molecule has 1 aromatic rings. The minimum Gasteiger partial charge on any atom is -0.329 e. The zero-order chi connectivity index (χ0) is 12.3. The lowest BCUT2D eigenvalue weighted by Gasteiger charge is -2.35. The van der Waals surface area contributed by atoms with Crippen molar-refractivity contribution < 1.29 is 0 Å². The number of likely N-dealkylation sites (tertiary alicyclic amines) is 1. The normalized spacial score (nSPS) is 21.7. The van der Waals surface area contributed by atoms with Gasteiger partial charge in [-0.2, -0.15) is 0 Å². The summed E-state index contributed by atoms with van der Waals surface area (Å²) in [4.78, 5) is 2.51. The Kier molecular flexibility index (Phi) is 5.03. The smallest absolute Gasteiger partial charge is 0.0320 e. The van der Waals surface area contributed by atoms with Gasteiger partial charge < -0.3 is 5.73 Å². The Balaban J connectivity index is 2.05. The predicted molar refractivity (Wildman–Crippen MR) is 78.9 cm³/mol. The lowest BCUT2D eigenvalue weighted by molar-refractivity contribution is 0.145. The van der Waals surface area contributed by atoms with Gasteiger partial charge >= 0.3 is 0 Å². The van der Waals surface area contributed by atoms with Crippen LogP contribution in [-0.2, 0) is 6.54 Å². The summed E-state index contributed by atoms with van der Waals surface area (Å²) in [7, 11) is 0. The fourth-order valence-electron chi connectivity index (χ4n) is 2.41. The Labute approximate surface area is 120 Å². The van der Waals surface area contributed by atoms with E-state index in [1.54, 1.807) is 0 Å². The Morgan fingerprint density at radius 3 is 2.76 bits per heavy atom. The zero-order valence-corrected chi connectivity index (χ0v) is 13.0. The quantitative estimate of drug-likeness (QED) is 0.892. The van der Waals surface area contributed by atoms with Gasteiger partial charge in [0.1, 0.15) is 0 Å². The summed E-state index contributed by atoms with van der Waals surface area (Å²) < 4.78 is 2.23. The van der Waals surface area contributed by atoms with Crippen molar-refractivity contribution in [3.63, 3.8) is 0 Å². The molecule has 0 radical (unpaired) electrons. The maximum absolute atomic E-state index is 5.84. The molecular weight excluding hydrogens is 344 g/mol. The number of hydrogen-bond acceptors (Lipinski definition) is 2. The lowest BCUT2D eigenvalue weighted by atomic mass is 10.0. The average Bonchev–Trinajstić information content (AvgIpc) is 2.34. The molecule has 17 heavy (non-hydrogen) atoms. The van der Waals surface area contributed by atoms with Gasteiger partial charge in [0.15, 0.2) is 0 Å². The molecule has 1 heterocycles. The van der Waals surface area contributed by atoms with E-state index in [1.165, 1.54) is 31.4 Å². The van der Waals surface area contributed by atoms with Gasteiger partial charge in [-0.05, 0) is 68.9 Å². The largest absolute Gasteiger partial charge is 0.329 e. The molecule has 0 aliphatic carbocycles. The van der Waals surface area contributed by atoms with E-state index in [0.29, 0.717) is 6.04 Å². The minimum absolute atomic E-state index is 0.561. The molecular formula is C13H18Br2N2. The first-order valence-corrected chi connectivity index (χ1v) is 7.67.